The molecule has 0 radical (unpaired) electrons. The van der Waals surface area contributed by atoms with Crippen LogP contribution in [0, 0.1) is 0 Å². The predicted molar refractivity (Wildman–Crippen MR) is 113 cm³/mol. The van der Waals surface area contributed by atoms with Crippen LogP contribution in [0.3, 0.4) is 0 Å². The Labute approximate surface area is 175 Å². The normalized spacial score (nSPS) is 19.6. The van der Waals surface area contributed by atoms with Crippen LogP contribution in [-0.4, -0.2) is 38.6 Å². The topological polar surface area (TPSA) is 80.3 Å². The first-order valence-corrected chi connectivity index (χ1v) is 11.3. The van der Waals surface area contributed by atoms with E-state index in [-0.39, 0.29) is 17.0 Å². The highest BCUT2D eigenvalue weighted by molar-refractivity contribution is 7.89. The van der Waals surface area contributed by atoms with E-state index in [4.69, 9.17) is 16.3 Å². The van der Waals surface area contributed by atoms with Gasteiger partial charge in [0.05, 0.1) is 17.6 Å². The van der Waals surface area contributed by atoms with E-state index in [1.165, 1.54) is 0 Å². The quantitative estimate of drug-likeness (QED) is 0.600. The number of aromatic nitrogens is 1. The Morgan fingerprint density at radius 1 is 1.17 bits per heavy atom. The van der Waals surface area contributed by atoms with Gasteiger partial charge in [0.1, 0.15) is 0 Å². The maximum atomic E-state index is 12.8. The molecule has 2 atom stereocenters. The van der Waals surface area contributed by atoms with Crippen LogP contribution in [0.15, 0.2) is 65.8 Å². The van der Waals surface area contributed by atoms with Gasteiger partial charge in [0.15, 0.2) is 0 Å². The molecule has 4 rings (SSSR count). The molecule has 1 aromatic heterocycles. The van der Waals surface area contributed by atoms with Crippen LogP contribution in [0.25, 0.3) is 10.8 Å². The minimum absolute atomic E-state index is 0.0247. The maximum absolute atomic E-state index is 12.8. The van der Waals surface area contributed by atoms with E-state index in [1.54, 1.807) is 30.6 Å². The third kappa shape index (κ3) is 4.94. The minimum atomic E-state index is -3.62. The highest BCUT2D eigenvalue weighted by Gasteiger charge is 2.26. The summed E-state index contributed by atoms with van der Waals surface area (Å²) in [5, 5.41) is 5.49. The number of hydrogen-bond acceptors (Lipinski definition) is 5. The second-order valence-corrected chi connectivity index (χ2v) is 9.28. The van der Waals surface area contributed by atoms with Crippen LogP contribution in [0.1, 0.15) is 12.0 Å². The lowest BCUT2D eigenvalue weighted by Crippen LogP contribution is -2.37. The van der Waals surface area contributed by atoms with Crippen molar-refractivity contribution in [1.82, 2.24) is 15.0 Å². The second kappa shape index (κ2) is 8.77. The number of pyridine rings is 1. The molecule has 6 nitrogen and oxygen atoms in total. The molecular formula is C21H22ClN3O3S. The fourth-order valence-corrected chi connectivity index (χ4v) is 4.91. The second-order valence-electron chi connectivity index (χ2n) is 7.11. The molecule has 0 aliphatic carbocycles. The van der Waals surface area contributed by atoms with Crippen LogP contribution < -0.4 is 10.0 Å². The van der Waals surface area contributed by atoms with Crippen molar-refractivity contribution in [2.45, 2.75) is 30.1 Å². The van der Waals surface area contributed by atoms with E-state index >= 15 is 0 Å². The summed E-state index contributed by atoms with van der Waals surface area (Å²) in [4.78, 5) is 4.32. The van der Waals surface area contributed by atoms with Gasteiger partial charge in [0, 0.05) is 47.3 Å². The first-order chi connectivity index (χ1) is 14.0. The van der Waals surface area contributed by atoms with Gasteiger partial charge in [-0.3, -0.25) is 4.98 Å². The van der Waals surface area contributed by atoms with Crippen LogP contribution in [0.4, 0.5) is 0 Å². The first kappa shape index (κ1) is 20.3. The summed E-state index contributed by atoms with van der Waals surface area (Å²) in [6, 6.07) is 14.5. The van der Waals surface area contributed by atoms with E-state index in [2.05, 4.69) is 15.0 Å². The smallest absolute Gasteiger partial charge is 0.241 e. The number of hydrogen-bond donors (Lipinski definition) is 2. The number of sulfonamides is 1. The van der Waals surface area contributed by atoms with Gasteiger partial charge in [0.25, 0.3) is 0 Å². The first-order valence-electron chi connectivity index (χ1n) is 9.43. The molecule has 0 saturated carbocycles. The molecule has 3 aromatic rings. The number of halogens is 1. The van der Waals surface area contributed by atoms with E-state index in [1.807, 2.05) is 30.3 Å². The molecule has 2 N–H and O–H groups in total. The fraction of sp³-hybridized carbons (Fsp3) is 0.286. The molecule has 29 heavy (non-hydrogen) atoms. The monoisotopic (exact) mass is 431 g/mol. The lowest BCUT2D eigenvalue weighted by atomic mass is 10.2. The number of ether oxygens (including phenoxy) is 1. The van der Waals surface area contributed by atoms with Gasteiger partial charge in [-0.15, -0.1) is 0 Å². The van der Waals surface area contributed by atoms with Crippen molar-refractivity contribution in [2.75, 3.05) is 13.1 Å². The average molecular weight is 432 g/mol. The molecule has 0 unspecified atom stereocenters. The molecule has 0 amide bonds. The van der Waals surface area contributed by atoms with E-state index < -0.39 is 10.0 Å². The van der Waals surface area contributed by atoms with Crippen molar-refractivity contribution in [1.29, 1.82) is 0 Å². The summed E-state index contributed by atoms with van der Waals surface area (Å²) in [6.45, 7) is 1.51. The van der Waals surface area contributed by atoms with Crippen LogP contribution in [-0.2, 0) is 21.4 Å². The number of benzene rings is 2. The Balaban J connectivity index is 1.32. The van der Waals surface area contributed by atoms with Crippen molar-refractivity contribution >= 4 is 32.4 Å². The molecule has 1 aliphatic heterocycles. The summed E-state index contributed by atoms with van der Waals surface area (Å²) >= 11 is 5.90. The van der Waals surface area contributed by atoms with Gasteiger partial charge in [-0.25, -0.2) is 13.1 Å². The molecule has 2 heterocycles. The Morgan fingerprint density at radius 2 is 2.00 bits per heavy atom. The summed E-state index contributed by atoms with van der Waals surface area (Å²) < 4.78 is 34.3. The highest BCUT2D eigenvalue weighted by atomic mass is 35.5. The molecule has 0 spiro atoms. The Bertz CT molecular complexity index is 1080. The zero-order chi connectivity index (χ0) is 20.3. The molecule has 2 aromatic carbocycles. The number of nitrogens with zero attached hydrogens (tertiary/aromatic N) is 1. The van der Waals surface area contributed by atoms with Crippen molar-refractivity contribution in [3.63, 3.8) is 0 Å². The van der Waals surface area contributed by atoms with Crippen molar-refractivity contribution < 1.29 is 13.2 Å². The molecular weight excluding hydrogens is 410 g/mol. The lowest BCUT2D eigenvalue weighted by molar-refractivity contribution is 0.0526. The summed E-state index contributed by atoms with van der Waals surface area (Å²) in [6.07, 6.45) is 4.05. The zero-order valence-electron chi connectivity index (χ0n) is 15.7. The molecule has 1 aliphatic rings. The summed E-state index contributed by atoms with van der Waals surface area (Å²) in [5.41, 5.74) is 1.06. The molecule has 8 heteroatoms. The van der Waals surface area contributed by atoms with Gasteiger partial charge in [0.2, 0.25) is 10.0 Å². The number of fused-ring (bicyclic) bond motifs is 1. The van der Waals surface area contributed by atoms with Crippen LogP contribution in [0.5, 0.6) is 0 Å². The average Bonchev–Trinajstić information content (AvgIpc) is 3.19. The van der Waals surface area contributed by atoms with Gasteiger partial charge in [-0.2, -0.15) is 0 Å². The summed E-state index contributed by atoms with van der Waals surface area (Å²) in [7, 11) is -3.62. The van der Waals surface area contributed by atoms with Crippen molar-refractivity contribution in [3.8, 4) is 0 Å². The Hall–Kier alpha value is -2.03. The van der Waals surface area contributed by atoms with Gasteiger partial charge in [-0.05, 0) is 36.2 Å². The van der Waals surface area contributed by atoms with E-state index in [0.29, 0.717) is 30.1 Å². The maximum Gasteiger partial charge on any atom is 0.241 e. The number of nitrogens with one attached hydrogen (secondary N) is 2. The Kier molecular flexibility index (Phi) is 6.12. The predicted octanol–water partition coefficient (Wildman–Crippen LogP) is 3.11. The van der Waals surface area contributed by atoms with Gasteiger partial charge >= 0.3 is 0 Å². The van der Waals surface area contributed by atoms with Crippen molar-refractivity contribution in [3.05, 3.63) is 71.5 Å². The molecule has 152 valence electrons. The molecule has 1 fully saturated rings. The van der Waals surface area contributed by atoms with E-state index in [9.17, 15) is 8.42 Å². The standard InChI is InChI=1S/C21H22ClN3O3S/c22-17-6-4-15(5-7-17)14-28-19-10-18(24-13-19)12-25-29(26,27)21-3-1-2-16-11-23-9-8-20(16)21/h1-9,11,18-19,24-25H,10,12-14H2/t18-,19+/m0/s1. The molecule has 0 bridgehead atoms. The van der Waals surface area contributed by atoms with Gasteiger partial charge in [-0.1, -0.05) is 35.9 Å². The van der Waals surface area contributed by atoms with Crippen molar-refractivity contribution in [2.24, 2.45) is 0 Å². The highest BCUT2D eigenvalue weighted by Crippen LogP contribution is 2.22. The van der Waals surface area contributed by atoms with E-state index in [0.717, 1.165) is 17.4 Å². The third-order valence-corrected chi connectivity index (χ3v) is 6.76. The Morgan fingerprint density at radius 3 is 2.83 bits per heavy atom. The fourth-order valence-electron chi connectivity index (χ4n) is 3.47. The molecule has 1 saturated heterocycles. The SMILES string of the molecule is O=S(=O)(NC[C@@H]1C[C@@H](OCc2ccc(Cl)cc2)CN1)c1cccc2cnccc12. The van der Waals surface area contributed by atoms with Crippen LogP contribution >= 0.6 is 11.6 Å². The zero-order valence-corrected chi connectivity index (χ0v) is 17.3. The number of rotatable bonds is 7. The van der Waals surface area contributed by atoms with Gasteiger partial charge < -0.3 is 10.1 Å². The minimum Gasteiger partial charge on any atom is -0.372 e. The lowest BCUT2D eigenvalue weighted by Gasteiger charge is -2.14. The largest absolute Gasteiger partial charge is 0.372 e. The summed E-state index contributed by atoms with van der Waals surface area (Å²) in [5.74, 6) is 0. The third-order valence-electron chi connectivity index (χ3n) is 5.03. The van der Waals surface area contributed by atoms with Crippen LogP contribution in [0.2, 0.25) is 5.02 Å².